The molecule has 2 unspecified atom stereocenters. The normalized spacial score (nSPS) is 27.9. The fourth-order valence-electron chi connectivity index (χ4n) is 1.86. The van der Waals surface area contributed by atoms with E-state index in [0.717, 1.165) is 23.8 Å². The summed E-state index contributed by atoms with van der Waals surface area (Å²) in [5, 5.41) is 0.910. The molecule has 0 aromatic carbocycles. The molecule has 0 bridgehead atoms. The van der Waals surface area contributed by atoms with Crippen LogP contribution < -0.4 is 0 Å². The summed E-state index contributed by atoms with van der Waals surface area (Å²) >= 11 is 3.47. The van der Waals surface area contributed by atoms with Crippen molar-refractivity contribution in [2.75, 3.05) is 11.9 Å². The Morgan fingerprint density at radius 1 is 1.21 bits per heavy atom. The smallest absolute Gasteiger partial charge is 0.0723 e. The van der Waals surface area contributed by atoms with Crippen LogP contribution in [0.25, 0.3) is 0 Å². The zero-order valence-corrected chi connectivity index (χ0v) is 11.6. The quantitative estimate of drug-likeness (QED) is 0.700. The molecular formula is C12H23BrO. The second kappa shape index (κ2) is 4.13. The minimum atomic E-state index is -0.00890. The van der Waals surface area contributed by atoms with Crippen LogP contribution in [0.3, 0.4) is 0 Å². The first kappa shape index (κ1) is 12.5. The van der Waals surface area contributed by atoms with Gasteiger partial charge in [-0.15, -0.1) is 0 Å². The van der Waals surface area contributed by atoms with Crippen molar-refractivity contribution < 1.29 is 4.74 Å². The van der Waals surface area contributed by atoms with Crippen LogP contribution in [0.5, 0.6) is 0 Å². The monoisotopic (exact) mass is 262 g/mol. The Morgan fingerprint density at radius 3 is 2.14 bits per heavy atom. The molecule has 0 amide bonds. The second-order valence-corrected chi connectivity index (χ2v) is 6.73. The van der Waals surface area contributed by atoms with Crippen LogP contribution in [-0.2, 0) is 4.74 Å². The van der Waals surface area contributed by atoms with Crippen molar-refractivity contribution in [2.45, 2.75) is 46.6 Å². The molecule has 0 spiro atoms. The van der Waals surface area contributed by atoms with Gasteiger partial charge in [0.05, 0.1) is 12.2 Å². The van der Waals surface area contributed by atoms with Crippen LogP contribution in [0, 0.1) is 17.3 Å². The summed E-state index contributed by atoms with van der Waals surface area (Å²) < 4.78 is 5.88. The Morgan fingerprint density at radius 2 is 1.79 bits per heavy atom. The first-order chi connectivity index (χ1) is 6.26. The van der Waals surface area contributed by atoms with Crippen molar-refractivity contribution in [3.63, 3.8) is 0 Å². The van der Waals surface area contributed by atoms with E-state index in [-0.39, 0.29) is 5.60 Å². The highest BCUT2D eigenvalue weighted by Crippen LogP contribution is 2.50. The van der Waals surface area contributed by atoms with Gasteiger partial charge in [0.2, 0.25) is 0 Å². The van der Waals surface area contributed by atoms with E-state index in [9.17, 15) is 0 Å². The maximum absolute atomic E-state index is 5.88. The zero-order valence-electron chi connectivity index (χ0n) is 10.1. The third kappa shape index (κ3) is 3.54. The molecule has 0 aromatic heterocycles. The van der Waals surface area contributed by atoms with Crippen molar-refractivity contribution in [1.29, 1.82) is 0 Å². The fourth-order valence-corrected chi connectivity index (χ4v) is 2.03. The van der Waals surface area contributed by atoms with Crippen LogP contribution in [-0.4, -0.2) is 17.5 Å². The molecule has 1 saturated carbocycles. The minimum Gasteiger partial charge on any atom is -0.374 e. The Labute approximate surface area is 96.7 Å². The number of hydrogen-bond donors (Lipinski definition) is 0. The molecule has 1 nitrogen and oxygen atoms in total. The number of rotatable bonds is 4. The van der Waals surface area contributed by atoms with Gasteiger partial charge in [0, 0.05) is 5.33 Å². The van der Waals surface area contributed by atoms with E-state index in [2.05, 4.69) is 50.5 Å². The van der Waals surface area contributed by atoms with Crippen molar-refractivity contribution in [3.8, 4) is 0 Å². The van der Waals surface area contributed by atoms with Crippen LogP contribution in [0.2, 0.25) is 0 Å². The lowest BCUT2D eigenvalue weighted by atomic mass is 9.89. The summed E-state index contributed by atoms with van der Waals surface area (Å²) in [6.45, 7) is 12.2. The van der Waals surface area contributed by atoms with E-state index in [0.29, 0.717) is 5.41 Å². The molecule has 0 saturated heterocycles. The summed E-state index contributed by atoms with van der Waals surface area (Å²) in [4.78, 5) is 0. The number of halogens is 1. The molecule has 1 fully saturated rings. The minimum absolute atomic E-state index is 0.00890. The topological polar surface area (TPSA) is 9.23 Å². The number of hydrogen-bond acceptors (Lipinski definition) is 1. The largest absolute Gasteiger partial charge is 0.374 e. The van der Waals surface area contributed by atoms with Crippen molar-refractivity contribution in [3.05, 3.63) is 0 Å². The van der Waals surface area contributed by atoms with Gasteiger partial charge in [-0.3, -0.25) is 0 Å². The molecule has 2 heteroatoms. The highest BCUT2D eigenvalue weighted by Gasteiger charge is 2.45. The third-order valence-corrected chi connectivity index (χ3v) is 4.40. The van der Waals surface area contributed by atoms with E-state index in [1.807, 2.05) is 0 Å². The van der Waals surface area contributed by atoms with Crippen LogP contribution >= 0.6 is 15.9 Å². The summed E-state index contributed by atoms with van der Waals surface area (Å²) in [7, 11) is 0. The van der Waals surface area contributed by atoms with Crippen LogP contribution in [0.1, 0.15) is 41.0 Å². The Kier molecular flexibility index (Phi) is 3.69. The molecule has 1 aliphatic carbocycles. The van der Waals surface area contributed by atoms with E-state index < -0.39 is 0 Å². The van der Waals surface area contributed by atoms with Gasteiger partial charge < -0.3 is 4.74 Å². The molecule has 14 heavy (non-hydrogen) atoms. The van der Waals surface area contributed by atoms with Gasteiger partial charge in [0.15, 0.2) is 0 Å². The van der Waals surface area contributed by atoms with Gasteiger partial charge in [-0.1, -0.05) is 36.7 Å². The van der Waals surface area contributed by atoms with Gasteiger partial charge >= 0.3 is 0 Å². The maximum Gasteiger partial charge on any atom is 0.0723 e. The molecular weight excluding hydrogens is 240 g/mol. The SMILES string of the molecule is CC(C)(CBr)OCC1CC1C(C)(C)C. The number of alkyl halides is 1. The van der Waals surface area contributed by atoms with Gasteiger partial charge in [0.25, 0.3) is 0 Å². The fraction of sp³-hybridized carbons (Fsp3) is 1.00. The van der Waals surface area contributed by atoms with Crippen molar-refractivity contribution in [1.82, 2.24) is 0 Å². The third-order valence-electron chi connectivity index (χ3n) is 3.04. The molecule has 0 aliphatic heterocycles. The molecule has 1 aliphatic rings. The van der Waals surface area contributed by atoms with E-state index in [1.54, 1.807) is 0 Å². The summed E-state index contributed by atoms with van der Waals surface area (Å²) in [5.41, 5.74) is 0.456. The predicted molar refractivity (Wildman–Crippen MR) is 64.9 cm³/mol. The summed E-state index contributed by atoms with van der Waals surface area (Å²) in [5.74, 6) is 1.67. The van der Waals surface area contributed by atoms with Gasteiger partial charge in [0.1, 0.15) is 0 Å². The highest BCUT2D eigenvalue weighted by atomic mass is 79.9. The van der Waals surface area contributed by atoms with E-state index in [4.69, 9.17) is 4.74 Å². The Bertz CT molecular complexity index is 193. The first-order valence-corrected chi connectivity index (χ1v) is 6.58. The second-order valence-electron chi connectivity index (χ2n) is 6.17. The lowest BCUT2D eigenvalue weighted by Crippen LogP contribution is -2.27. The lowest BCUT2D eigenvalue weighted by Gasteiger charge is -2.24. The Hall–Kier alpha value is 0.440. The molecule has 2 atom stereocenters. The molecule has 84 valence electrons. The zero-order chi connectivity index (χ0) is 11.0. The lowest BCUT2D eigenvalue weighted by molar-refractivity contribution is -0.00828. The average molecular weight is 263 g/mol. The number of ether oxygens (including phenoxy) is 1. The first-order valence-electron chi connectivity index (χ1n) is 5.46. The summed E-state index contributed by atoms with van der Waals surface area (Å²) in [6, 6.07) is 0. The predicted octanol–water partition coefficient (Wildman–Crippen LogP) is 3.86. The van der Waals surface area contributed by atoms with Gasteiger partial charge in [-0.25, -0.2) is 0 Å². The molecule has 0 aromatic rings. The molecule has 0 N–H and O–H groups in total. The standard InChI is InChI=1S/C12H23BrO/c1-11(2,3)10-6-9(10)7-14-12(4,5)8-13/h9-10H,6-8H2,1-5H3. The van der Waals surface area contributed by atoms with Gasteiger partial charge in [-0.05, 0) is 37.5 Å². The maximum atomic E-state index is 5.88. The van der Waals surface area contributed by atoms with Crippen LogP contribution in [0.15, 0.2) is 0 Å². The molecule has 1 rings (SSSR count). The Balaban J connectivity index is 2.24. The van der Waals surface area contributed by atoms with Crippen molar-refractivity contribution in [2.24, 2.45) is 17.3 Å². The van der Waals surface area contributed by atoms with Crippen LogP contribution in [0.4, 0.5) is 0 Å². The molecule has 0 heterocycles. The van der Waals surface area contributed by atoms with E-state index in [1.165, 1.54) is 6.42 Å². The molecule has 0 radical (unpaired) electrons. The van der Waals surface area contributed by atoms with Crippen molar-refractivity contribution >= 4 is 15.9 Å². The van der Waals surface area contributed by atoms with E-state index >= 15 is 0 Å². The average Bonchev–Trinajstić information content (AvgIpc) is 2.79. The summed E-state index contributed by atoms with van der Waals surface area (Å²) in [6.07, 6.45) is 1.35. The highest BCUT2D eigenvalue weighted by molar-refractivity contribution is 9.09. The van der Waals surface area contributed by atoms with Gasteiger partial charge in [-0.2, -0.15) is 0 Å².